The van der Waals surface area contributed by atoms with Gasteiger partial charge >= 0.3 is 0 Å². The van der Waals surface area contributed by atoms with Crippen LogP contribution in [0.1, 0.15) is 35.2 Å². The molecule has 28 heavy (non-hydrogen) atoms. The van der Waals surface area contributed by atoms with Crippen LogP contribution in [0.2, 0.25) is 0 Å². The third kappa shape index (κ3) is 4.74. The summed E-state index contributed by atoms with van der Waals surface area (Å²) in [7, 11) is -3.97. The first-order chi connectivity index (χ1) is 13.4. The molecule has 1 heterocycles. The maximum Gasteiger partial charge on any atom is 0.251 e. The second-order valence-electron chi connectivity index (χ2n) is 6.74. The number of carbonyl (C=O) groups excluding carboxylic acids is 1. The summed E-state index contributed by atoms with van der Waals surface area (Å²) in [6.07, 6.45) is 2.92. The summed E-state index contributed by atoms with van der Waals surface area (Å²) >= 11 is 0. The molecular weight excluding hydrogens is 386 g/mol. The van der Waals surface area contributed by atoms with Crippen molar-refractivity contribution in [2.24, 2.45) is 0 Å². The number of sulfonamides is 1. The van der Waals surface area contributed by atoms with E-state index in [2.05, 4.69) is 5.32 Å². The normalized spacial score (nSPS) is 15.4. The SMILES string of the molecule is O=C(NCCc1ccc(F)cc1)c1ccc(F)c(S(=O)(=O)N2CCCCC2)c1. The smallest absolute Gasteiger partial charge is 0.251 e. The second-order valence-corrected chi connectivity index (χ2v) is 8.65. The van der Waals surface area contributed by atoms with Gasteiger partial charge in [0.25, 0.3) is 5.91 Å². The Hall–Kier alpha value is -2.32. The Labute approximate surface area is 163 Å². The highest BCUT2D eigenvalue weighted by Crippen LogP contribution is 2.24. The summed E-state index contributed by atoms with van der Waals surface area (Å²) in [6, 6.07) is 9.30. The van der Waals surface area contributed by atoms with Gasteiger partial charge in [-0.2, -0.15) is 4.31 Å². The average Bonchev–Trinajstić information content (AvgIpc) is 2.70. The standard InChI is InChI=1S/C20H22F2N2O3S/c21-17-7-4-15(5-8-17)10-11-23-20(25)16-6-9-18(22)19(14-16)28(26,27)24-12-2-1-3-13-24/h4-9,14H,1-3,10-13H2,(H,23,25). The van der Waals surface area contributed by atoms with Gasteiger partial charge < -0.3 is 5.32 Å². The Bertz CT molecular complexity index is 940. The van der Waals surface area contributed by atoms with E-state index in [9.17, 15) is 22.0 Å². The van der Waals surface area contributed by atoms with Gasteiger partial charge in [0.15, 0.2) is 0 Å². The Balaban J connectivity index is 1.69. The van der Waals surface area contributed by atoms with Gasteiger partial charge in [-0.15, -0.1) is 0 Å². The van der Waals surface area contributed by atoms with E-state index in [0.717, 1.165) is 37.0 Å². The summed E-state index contributed by atoms with van der Waals surface area (Å²) < 4.78 is 53.9. The number of nitrogens with one attached hydrogen (secondary N) is 1. The zero-order chi connectivity index (χ0) is 20.1. The monoisotopic (exact) mass is 408 g/mol. The molecule has 2 aromatic rings. The van der Waals surface area contributed by atoms with Gasteiger partial charge in [-0.25, -0.2) is 17.2 Å². The van der Waals surface area contributed by atoms with Crippen molar-refractivity contribution in [2.75, 3.05) is 19.6 Å². The topological polar surface area (TPSA) is 66.5 Å². The minimum atomic E-state index is -3.97. The van der Waals surface area contributed by atoms with Crippen LogP contribution in [0, 0.1) is 11.6 Å². The molecule has 0 atom stereocenters. The lowest BCUT2D eigenvalue weighted by Gasteiger charge is -2.26. The Morgan fingerprint density at radius 3 is 2.36 bits per heavy atom. The average molecular weight is 408 g/mol. The molecule has 1 N–H and O–H groups in total. The van der Waals surface area contributed by atoms with Gasteiger partial charge in [0.2, 0.25) is 10.0 Å². The van der Waals surface area contributed by atoms with Gasteiger partial charge in [0.05, 0.1) is 0 Å². The fourth-order valence-corrected chi connectivity index (χ4v) is 4.77. The lowest BCUT2D eigenvalue weighted by molar-refractivity contribution is 0.0954. The number of rotatable bonds is 6. The first-order valence-corrected chi connectivity index (χ1v) is 10.6. The molecule has 0 spiro atoms. The van der Waals surface area contributed by atoms with Crippen LogP contribution < -0.4 is 5.32 Å². The van der Waals surface area contributed by atoms with Crippen molar-refractivity contribution in [1.29, 1.82) is 0 Å². The molecular formula is C20H22F2N2O3S. The van der Waals surface area contributed by atoms with Crippen molar-refractivity contribution >= 4 is 15.9 Å². The van der Waals surface area contributed by atoms with Gasteiger partial charge in [-0.3, -0.25) is 4.79 Å². The molecule has 1 amide bonds. The predicted molar refractivity (Wildman–Crippen MR) is 101 cm³/mol. The van der Waals surface area contributed by atoms with Crippen molar-refractivity contribution in [3.05, 3.63) is 65.2 Å². The zero-order valence-electron chi connectivity index (χ0n) is 15.3. The fourth-order valence-electron chi connectivity index (χ4n) is 3.16. The van der Waals surface area contributed by atoms with E-state index in [0.29, 0.717) is 19.5 Å². The molecule has 1 aliphatic rings. The van der Waals surface area contributed by atoms with Gasteiger partial charge in [0, 0.05) is 25.2 Å². The number of hydrogen-bond donors (Lipinski definition) is 1. The molecule has 150 valence electrons. The Morgan fingerprint density at radius 2 is 1.68 bits per heavy atom. The van der Waals surface area contributed by atoms with Gasteiger partial charge in [-0.05, 0) is 55.2 Å². The molecule has 1 aliphatic heterocycles. The van der Waals surface area contributed by atoms with Crippen LogP contribution in [0.15, 0.2) is 47.4 Å². The lowest BCUT2D eigenvalue weighted by atomic mass is 10.1. The molecule has 1 fully saturated rings. The van der Waals surface area contributed by atoms with Gasteiger partial charge in [-0.1, -0.05) is 18.6 Å². The molecule has 8 heteroatoms. The third-order valence-corrected chi connectivity index (χ3v) is 6.65. The van der Waals surface area contributed by atoms with Crippen LogP contribution in [0.3, 0.4) is 0 Å². The maximum atomic E-state index is 14.2. The molecule has 0 bridgehead atoms. The summed E-state index contributed by atoms with van der Waals surface area (Å²) in [6.45, 7) is 1.00. The van der Waals surface area contributed by atoms with Crippen LogP contribution in [0.5, 0.6) is 0 Å². The van der Waals surface area contributed by atoms with E-state index in [1.54, 1.807) is 12.1 Å². The minimum Gasteiger partial charge on any atom is -0.352 e. The number of benzene rings is 2. The van der Waals surface area contributed by atoms with Crippen LogP contribution in [0.4, 0.5) is 8.78 Å². The highest BCUT2D eigenvalue weighted by atomic mass is 32.2. The van der Waals surface area contributed by atoms with Crippen molar-refractivity contribution in [3.8, 4) is 0 Å². The molecule has 0 aromatic heterocycles. The lowest BCUT2D eigenvalue weighted by Crippen LogP contribution is -2.36. The summed E-state index contributed by atoms with van der Waals surface area (Å²) in [5, 5.41) is 2.68. The number of hydrogen-bond acceptors (Lipinski definition) is 3. The molecule has 3 rings (SSSR count). The molecule has 0 radical (unpaired) electrons. The number of halogens is 2. The first kappa shape index (κ1) is 20.4. The van der Waals surface area contributed by atoms with Crippen molar-refractivity contribution in [1.82, 2.24) is 9.62 Å². The van der Waals surface area contributed by atoms with E-state index in [4.69, 9.17) is 0 Å². The van der Waals surface area contributed by atoms with Crippen molar-refractivity contribution < 1.29 is 22.0 Å². The van der Waals surface area contributed by atoms with Crippen molar-refractivity contribution in [2.45, 2.75) is 30.6 Å². The fraction of sp³-hybridized carbons (Fsp3) is 0.350. The molecule has 0 aliphatic carbocycles. The van der Waals surface area contributed by atoms with Crippen molar-refractivity contribution in [3.63, 3.8) is 0 Å². The number of carbonyl (C=O) groups is 1. The highest BCUT2D eigenvalue weighted by Gasteiger charge is 2.29. The molecule has 2 aromatic carbocycles. The quantitative estimate of drug-likeness (QED) is 0.799. The number of amides is 1. The molecule has 0 unspecified atom stereocenters. The Morgan fingerprint density at radius 1 is 1.00 bits per heavy atom. The van der Waals surface area contributed by atoms with E-state index in [1.807, 2.05) is 0 Å². The third-order valence-electron chi connectivity index (χ3n) is 4.74. The molecule has 0 saturated carbocycles. The van der Waals surface area contributed by atoms with E-state index < -0.39 is 26.6 Å². The Kier molecular flexibility index (Phi) is 6.41. The number of piperidine rings is 1. The largest absolute Gasteiger partial charge is 0.352 e. The van der Waals surface area contributed by atoms with Crippen LogP contribution in [-0.4, -0.2) is 38.3 Å². The summed E-state index contributed by atoms with van der Waals surface area (Å²) in [4.78, 5) is 11.9. The highest BCUT2D eigenvalue weighted by molar-refractivity contribution is 7.89. The zero-order valence-corrected chi connectivity index (χ0v) is 16.1. The summed E-state index contributed by atoms with van der Waals surface area (Å²) in [5.74, 6) is -1.69. The predicted octanol–water partition coefficient (Wildman–Crippen LogP) is 3.11. The molecule has 5 nitrogen and oxygen atoms in total. The van der Waals surface area contributed by atoms with Crippen LogP contribution in [0.25, 0.3) is 0 Å². The minimum absolute atomic E-state index is 0.0797. The van der Waals surface area contributed by atoms with Crippen LogP contribution in [-0.2, 0) is 16.4 Å². The summed E-state index contributed by atoms with van der Waals surface area (Å²) in [5.41, 5.74) is 0.935. The van der Waals surface area contributed by atoms with E-state index in [1.165, 1.54) is 22.5 Å². The molecule has 1 saturated heterocycles. The number of nitrogens with zero attached hydrogens (tertiary/aromatic N) is 1. The first-order valence-electron chi connectivity index (χ1n) is 9.20. The second kappa shape index (κ2) is 8.79. The van der Waals surface area contributed by atoms with Gasteiger partial charge in [0.1, 0.15) is 16.5 Å². The van der Waals surface area contributed by atoms with E-state index in [-0.39, 0.29) is 17.9 Å². The van der Waals surface area contributed by atoms with Crippen LogP contribution >= 0.6 is 0 Å². The maximum absolute atomic E-state index is 14.2. The van der Waals surface area contributed by atoms with E-state index >= 15 is 0 Å².